The number of aryl methyl sites for hydroxylation is 1. The highest BCUT2D eigenvalue weighted by atomic mass is 19.1. The van der Waals surface area contributed by atoms with E-state index >= 15 is 0 Å². The molecule has 1 atom stereocenters. The number of nitrogens with one attached hydrogen (secondary N) is 1. The molecule has 0 heterocycles. The summed E-state index contributed by atoms with van der Waals surface area (Å²) in [6.45, 7) is 1.78. The summed E-state index contributed by atoms with van der Waals surface area (Å²) >= 11 is 0. The lowest BCUT2D eigenvalue weighted by Crippen LogP contribution is -2.22. The number of halogens is 3. The number of benzene rings is 2. The summed E-state index contributed by atoms with van der Waals surface area (Å²) in [5.41, 5.74) is 1.63. The van der Waals surface area contributed by atoms with E-state index < -0.39 is 17.7 Å². The third kappa shape index (κ3) is 3.02. The Kier molecular flexibility index (Phi) is 4.45. The van der Waals surface area contributed by atoms with Gasteiger partial charge >= 0.3 is 0 Å². The summed E-state index contributed by atoms with van der Waals surface area (Å²) in [6, 6.07) is 7.73. The van der Waals surface area contributed by atoms with Crippen LogP contribution < -0.4 is 5.32 Å². The van der Waals surface area contributed by atoms with Crippen molar-refractivity contribution in [2.24, 2.45) is 0 Å². The van der Waals surface area contributed by atoms with Gasteiger partial charge in [-0.25, -0.2) is 13.2 Å². The molecule has 2 aromatic carbocycles. The first kappa shape index (κ1) is 14.6. The molecule has 0 aromatic heterocycles. The lowest BCUT2D eigenvalue weighted by molar-refractivity contribution is 0.488. The summed E-state index contributed by atoms with van der Waals surface area (Å²) in [4.78, 5) is 0. The van der Waals surface area contributed by atoms with Crippen LogP contribution in [-0.4, -0.2) is 7.05 Å². The van der Waals surface area contributed by atoms with Gasteiger partial charge in [-0.2, -0.15) is 0 Å². The van der Waals surface area contributed by atoms with E-state index in [1.807, 2.05) is 0 Å². The van der Waals surface area contributed by atoms with E-state index in [0.29, 0.717) is 6.42 Å². The van der Waals surface area contributed by atoms with Crippen LogP contribution in [0.5, 0.6) is 0 Å². The van der Waals surface area contributed by atoms with Crippen molar-refractivity contribution in [2.75, 3.05) is 7.05 Å². The first-order chi connectivity index (χ1) is 9.52. The van der Waals surface area contributed by atoms with Crippen LogP contribution in [0.3, 0.4) is 0 Å². The molecule has 1 N–H and O–H groups in total. The number of rotatable bonds is 4. The molecule has 0 aliphatic carbocycles. The van der Waals surface area contributed by atoms with E-state index in [2.05, 4.69) is 5.32 Å². The number of hydrogen-bond donors (Lipinski definition) is 1. The number of hydrogen-bond acceptors (Lipinski definition) is 1. The van der Waals surface area contributed by atoms with Gasteiger partial charge in [0.05, 0.1) is 0 Å². The standard InChI is InChI=1S/C16H16F3N/c1-10-8-12(17)7-6-11(10)9-15(20-2)16-13(18)4-3-5-14(16)19/h3-8,15,20H,9H2,1-2H3. The fourth-order valence-corrected chi connectivity index (χ4v) is 2.30. The Morgan fingerprint density at radius 1 is 1.05 bits per heavy atom. The Morgan fingerprint density at radius 3 is 2.25 bits per heavy atom. The van der Waals surface area contributed by atoms with Crippen LogP contribution in [0.15, 0.2) is 36.4 Å². The van der Waals surface area contributed by atoms with Gasteiger partial charge in [0, 0.05) is 11.6 Å². The Morgan fingerprint density at radius 2 is 1.70 bits per heavy atom. The first-order valence-corrected chi connectivity index (χ1v) is 6.39. The highest BCUT2D eigenvalue weighted by molar-refractivity contribution is 5.31. The summed E-state index contributed by atoms with van der Waals surface area (Å²) in [7, 11) is 1.65. The molecule has 20 heavy (non-hydrogen) atoms. The largest absolute Gasteiger partial charge is 0.313 e. The van der Waals surface area contributed by atoms with Crippen LogP contribution in [0.4, 0.5) is 13.2 Å². The summed E-state index contributed by atoms with van der Waals surface area (Å²) < 4.78 is 40.7. The van der Waals surface area contributed by atoms with Crippen LogP contribution >= 0.6 is 0 Å². The predicted octanol–water partition coefficient (Wildman–Crippen LogP) is 3.92. The highest BCUT2D eigenvalue weighted by Crippen LogP contribution is 2.25. The lowest BCUT2D eigenvalue weighted by atomic mass is 9.95. The topological polar surface area (TPSA) is 12.0 Å². The van der Waals surface area contributed by atoms with E-state index in [9.17, 15) is 13.2 Å². The van der Waals surface area contributed by atoms with E-state index in [4.69, 9.17) is 0 Å². The second kappa shape index (κ2) is 6.09. The molecular formula is C16H16F3N. The third-order valence-corrected chi connectivity index (χ3v) is 3.43. The van der Waals surface area contributed by atoms with Crippen molar-refractivity contribution in [1.82, 2.24) is 5.32 Å². The van der Waals surface area contributed by atoms with Crippen molar-refractivity contribution in [3.8, 4) is 0 Å². The number of likely N-dealkylation sites (N-methyl/N-ethyl adjacent to an activating group) is 1. The van der Waals surface area contributed by atoms with Crippen LogP contribution in [-0.2, 0) is 6.42 Å². The smallest absolute Gasteiger partial charge is 0.130 e. The molecule has 2 rings (SSSR count). The predicted molar refractivity (Wildman–Crippen MR) is 73.0 cm³/mol. The molecule has 0 radical (unpaired) electrons. The van der Waals surface area contributed by atoms with Gasteiger partial charge in [0.2, 0.25) is 0 Å². The zero-order chi connectivity index (χ0) is 14.7. The van der Waals surface area contributed by atoms with Gasteiger partial charge in [-0.05, 0) is 55.8 Å². The van der Waals surface area contributed by atoms with Crippen molar-refractivity contribution in [1.29, 1.82) is 0 Å². The molecule has 0 saturated heterocycles. The maximum Gasteiger partial charge on any atom is 0.130 e. The van der Waals surface area contributed by atoms with Crippen LogP contribution in [0.25, 0.3) is 0 Å². The maximum absolute atomic E-state index is 13.8. The third-order valence-electron chi connectivity index (χ3n) is 3.43. The fraction of sp³-hybridized carbons (Fsp3) is 0.250. The molecule has 0 spiro atoms. The van der Waals surface area contributed by atoms with Crippen molar-refractivity contribution >= 4 is 0 Å². The molecule has 0 fully saturated rings. The van der Waals surface area contributed by atoms with Crippen molar-refractivity contribution in [2.45, 2.75) is 19.4 Å². The minimum Gasteiger partial charge on any atom is -0.313 e. The van der Waals surface area contributed by atoms with Crippen LogP contribution in [0.1, 0.15) is 22.7 Å². The zero-order valence-corrected chi connectivity index (χ0v) is 11.4. The highest BCUT2D eigenvalue weighted by Gasteiger charge is 2.19. The average Bonchev–Trinajstić information content (AvgIpc) is 2.39. The van der Waals surface area contributed by atoms with Gasteiger partial charge in [0.15, 0.2) is 0 Å². The molecule has 106 valence electrons. The van der Waals surface area contributed by atoms with Gasteiger partial charge in [-0.3, -0.25) is 0 Å². The normalized spacial score (nSPS) is 12.4. The molecule has 0 aliphatic rings. The molecular weight excluding hydrogens is 263 g/mol. The van der Waals surface area contributed by atoms with Crippen molar-refractivity contribution in [3.05, 3.63) is 70.5 Å². The summed E-state index contributed by atoms with van der Waals surface area (Å²) in [5.74, 6) is -1.47. The molecule has 2 aromatic rings. The SMILES string of the molecule is CNC(Cc1ccc(F)cc1C)c1c(F)cccc1F. The van der Waals surface area contributed by atoms with E-state index in [1.165, 1.54) is 30.3 Å². The van der Waals surface area contributed by atoms with E-state index in [1.54, 1.807) is 20.0 Å². The molecule has 0 saturated carbocycles. The first-order valence-electron chi connectivity index (χ1n) is 6.39. The molecule has 4 heteroatoms. The Bertz CT molecular complexity index is 590. The quantitative estimate of drug-likeness (QED) is 0.894. The Labute approximate surface area is 116 Å². The van der Waals surface area contributed by atoms with Crippen LogP contribution in [0, 0.1) is 24.4 Å². The molecule has 0 amide bonds. The maximum atomic E-state index is 13.8. The molecule has 0 bridgehead atoms. The van der Waals surface area contributed by atoms with Gasteiger partial charge in [0.25, 0.3) is 0 Å². The molecule has 1 nitrogen and oxygen atoms in total. The molecule has 1 unspecified atom stereocenters. The molecule has 0 aliphatic heterocycles. The monoisotopic (exact) mass is 279 g/mol. The van der Waals surface area contributed by atoms with Gasteiger partial charge in [-0.15, -0.1) is 0 Å². The van der Waals surface area contributed by atoms with Gasteiger partial charge in [0.1, 0.15) is 17.5 Å². The van der Waals surface area contributed by atoms with Crippen LogP contribution in [0.2, 0.25) is 0 Å². The van der Waals surface area contributed by atoms with E-state index in [0.717, 1.165) is 11.1 Å². The Balaban J connectivity index is 2.34. The minimum atomic E-state index is -0.580. The summed E-state index contributed by atoms with van der Waals surface area (Å²) in [6.07, 6.45) is 0.389. The fourth-order valence-electron chi connectivity index (χ4n) is 2.30. The zero-order valence-electron chi connectivity index (χ0n) is 11.4. The second-order valence-corrected chi connectivity index (χ2v) is 4.75. The van der Waals surface area contributed by atoms with Gasteiger partial charge < -0.3 is 5.32 Å². The van der Waals surface area contributed by atoms with E-state index in [-0.39, 0.29) is 11.4 Å². The van der Waals surface area contributed by atoms with Gasteiger partial charge in [-0.1, -0.05) is 12.1 Å². The van der Waals surface area contributed by atoms with Crippen molar-refractivity contribution in [3.63, 3.8) is 0 Å². The average molecular weight is 279 g/mol. The summed E-state index contributed by atoms with van der Waals surface area (Å²) in [5, 5.41) is 2.92. The second-order valence-electron chi connectivity index (χ2n) is 4.75. The lowest BCUT2D eigenvalue weighted by Gasteiger charge is -2.19. The minimum absolute atomic E-state index is 0.0127. The van der Waals surface area contributed by atoms with Crippen molar-refractivity contribution < 1.29 is 13.2 Å². The Hall–Kier alpha value is -1.81.